The number of ether oxygens (including phenoxy) is 3. The zero-order chi connectivity index (χ0) is 18.4. The normalized spacial score (nSPS) is 10.3. The molecule has 0 fully saturated rings. The van der Waals surface area contributed by atoms with Crippen molar-refractivity contribution in [3.05, 3.63) is 46.5 Å². The number of halogens is 1. The van der Waals surface area contributed by atoms with Crippen molar-refractivity contribution in [3.8, 4) is 17.2 Å². The minimum absolute atomic E-state index is 0.0984. The fraction of sp³-hybridized carbons (Fsp3) is 0.316. The molecular weight excluding hydrogens is 342 g/mol. The van der Waals surface area contributed by atoms with E-state index in [1.807, 2.05) is 20.8 Å². The van der Waals surface area contributed by atoms with Crippen LogP contribution in [0.5, 0.6) is 17.2 Å². The Bertz CT molecular complexity index is 738. The molecule has 0 unspecified atom stereocenters. The number of carbonyl (C=O) groups excluding carboxylic acids is 1. The maximum Gasteiger partial charge on any atom is 0.262 e. The van der Waals surface area contributed by atoms with E-state index in [1.165, 1.54) is 0 Å². The van der Waals surface area contributed by atoms with Gasteiger partial charge in [0.25, 0.3) is 5.91 Å². The highest BCUT2D eigenvalue weighted by atomic mass is 35.5. The molecule has 0 spiro atoms. The van der Waals surface area contributed by atoms with Crippen molar-refractivity contribution in [3.63, 3.8) is 0 Å². The predicted octanol–water partition coefficient (Wildman–Crippen LogP) is 4.38. The Morgan fingerprint density at radius 3 is 2.36 bits per heavy atom. The summed E-state index contributed by atoms with van der Waals surface area (Å²) in [5.41, 5.74) is 2.39. The van der Waals surface area contributed by atoms with Crippen LogP contribution in [0.25, 0.3) is 0 Å². The molecule has 0 atom stereocenters. The summed E-state index contributed by atoms with van der Waals surface area (Å²) in [5, 5.41) is 3.43. The first-order chi connectivity index (χ1) is 11.9. The number of nitrogens with one attached hydrogen (secondary N) is 1. The summed E-state index contributed by atoms with van der Waals surface area (Å²) in [6, 6.07) is 8.83. The lowest BCUT2D eigenvalue weighted by molar-refractivity contribution is -0.118. The minimum Gasteiger partial charge on any atom is -0.493 e. The molecule has 6 heteroatoms. The van der Waals surface area contributed by atoms with Gasteiger partial charge in [0.15, 0.2) is 18.1 Å². The molecule has 134 valence electrons. The standard InChI is InChI=1S/C19H22ClNO4/c1-5-24-16-7-6-15(10-17(16)23-4)21-18(22)11-25-19-12(2)8-14(20)9-13(19)3/h6-10H,5,11H2,1-4H3,(H,21,22). The second-order valence-electron chi connectivity index (χ2n) is 5.50. The van der Waals surface area contributed by atoms with Gasteiger partial charge in [0.1, 0.15) is 5.75 Å². The topological polar surface area (TPSA) is 56.8 Å². The van der Waals surface area contributed by atoms with Crippen molar-refractivity contribution >= 4 is 23.2 Å². The van der Waals surface area contributed by atoms with Gasteiger partial charge in [0.05, 0.1) is 13.7 Å². The van der Waals surface area contributed by atoms with Crippen molar-refractivity contribution in [1.29, 1.82) is 0 Å². The number of benzene rings is 2. The zero-order valence-electron chi connectivity index (χ0n) is 14.8. The Balaban J connectivity index is 2.01. The molecule has 0 aliphatic heterocycles. The first-order valence-electron chi connectivity index (χ1n) is 7.94. The highest BCUT2D eigenvalue weighted by Crippen LogP contribution is 2.30. The van der Waals surface area contributed by atoms with Crippen LogP contribution in [0.1, 0.15) is 18.1 Å². The van der Waals surface area contributed by atoms with E-state index in [-0.39, 0.29) is 12.5 Å². The molecule has 25 heavy (non-hydrogen) atoms. The van der Waals surface area contributed by atoms with Crippen LogP contribution in [-0.2, 0) is 4.79 Å². The summed E-state index contributed by atoms with van der Waals surface area (Å²) < 4.78 is 16.4. The molecule has 0 aliphatic rings. The summed E-state index contributed by atoms with van der Waals surface area (Å²) in [5.74, 6) is 1.60. The molecule has 0 bridgehead atoms. The van der Waals surface area contributed by atoms with Crippen LogP contribution in [0.2, 0.25) is 5.02 Å². The van der Waals surface area contributed by atoms with Gasteiger partial charge in [-0.2, -0.15) is 0 Å². The van der Waals surface area contributed by atoms with Gasteiger partial charge in [0.2, 0.25) is 0 Å². The second-order valence-corrected chi connectivity index (χ2v) is 5.94. The van der Waals surface area contributed by atoms with E-state index in [1.54, 1.807) is 37.4 Å². The summed E-state index contributed by atoms with van der Waals surface area (Å²) in [4.78, 5) is 12.2. The molecule has 0 saturated heterocycles. The van der Waals surface area contributed by atoms with Crippen LogP contribution >= 0.6 is 11.6 Å². The summed E-state index contributed by atoms with van der Waals surface area (Å²) in [6.45, 7) is 6.12. The molecule has 0 heterocycles. The molecule has 0 aromatic heterocycles. The van der Waals surface area contributed by atoms with Gasteiger partial charge in [0, 0.05) is 16.8 Å². The van der Waals surface area contributed by atoms with E-state index in [4.69, 9.17) is 25.8 Å². The van der Waals surface area contributed by atoms with Crippen LogP contribution in [0.4, 0.5) is 5.69 Å². The fourth-order valence-electron chi connectivity index (χ4n) is 2.48. The number of rotatable bonds is 7. The molecule has 1 amide bonds. The van der Waals surface area contributed by atoms with Crippen molar-refractivity contribution < 1.29 is 19.0 Å². The quantitative estimate of drug-likeness (QED) is 0.793. The highest BCUT2D eigenvalue weighted by Gasteiger charge is 2.11. The molecule has 1 N–H and O–H groups in total. The van der Waals surface area contributed by atoms with Gasteiger partial charge in [-0.15, -0.1) is 0 Å². The molecule has 0 radical (unpaired) electrons. The average Bonchev–Trinajstić information content (AvgIpc) is 2.55. The van der Waals surface area contributed by atoms with E-state index in [9.17, 15) is 4.79 Å². The third kappa shape index (κ3) is 5.03. The molecule has 2 aromatic carbocycles. The lowest BCUT2D eigenvalue weighted by Crippen LogP contribution is -2.20. The van der Waals surface area contributed by atoms with Gasteiger partial charge in [-0.1, -0.05) is 11.6 Å². The van der Waals surface area contributed by atoms with Gasteiger partial charge >= 0.3 is 0 Å². The van der Waals surface area contributed by atoms with Crippen LogP contribution in [-0.4, -0.2) is 26.2 Å². The number of aryl methyl sites for hydroxylation is 2. The number of hydrogen-bond acceptors (Lipinski definition) is 4. The maximum absolute atomic E-state index is 12.2. The number of methoxy groups -OCH3 is 1. The van der Waals surface area contributed by atoms with Crippen molar-refractivity contribution in [2.24, 2.45) is 0 Å². The first kappa shape index (κ1) is 18.9. The predicted molar refractivity (Wildman–Crippen MR) is 99.2 cm³/mol. The number of anilines is 1. The van der Waals surface area contributed by atoms with Gasteiger partial charge in [-0.25, -0.2) is 0 Å². The SMILES string of the molecule is CCOc1ccc(NC(=O)COc2c(C)cc(Cl)cc2C)cc1OC. The van der Waals surface area contributed by atoms with Gasteiger partial charge < -0.3 is 19.5 Å². The average molecular weight is 364 g/mol. The molecule has 5 nitrogen and oxygen atoms in total. The Labute approximate surface area is 152 Å². The summed E-state index contributed by atoms with van der Waals surface area (Å²) >= 11 is 6.00. The smallest absolute Gasteiger partial charge is 0.262 e. The third-order valence-corrected chi connectivity index (χ3v) is 3.74. The van der Waals surface area contributed by atoms with E-state index in [0.29, 0.717) is 34.6 Å². The van der Waals surface area contributed by atoms with Crippen molar-refractivity contribution in [2.75, 3.05) is 25.6 Å². The molecule has 2 rings (SSSR count). The van der Waals surface area contributed by atoms with Gasteiger partial charge in [-0.05, 0) is 56.2 Å². The van der Waals surface area contributed by atoms with E-state index in [2.05, 4.69) is 5.32 Å². The van der Waals surface area contributed by atoms with E-state index in [0.717, 1.165) is 11.1 Å². The number of carbonyl (C=O) groups is 1. The van der Waals surface area contributed by atoms with Crippen molar-refractivity contribution in [2.45, 2.75) is 20.8 Å². The van der Waals surface area contributed by atoms with Gasteiger partial charge in [-0.3, -0.25) is 4.79 Å². The van der Waals surface area contributed by atoms with Crippen LogP contribution in [0.15, 0.2) is 30.3 Å². The minimum atomic E-state index is -0.264. The Morgan fingerprint density at radius 2 is 1.76 bits per heavy atom. The summed E-state index contributed by atoms with van der Waals surface area (Å²) in [6.07, 6.45) is 0. The molecular formula is C19H22ClNO4. The second kappa shape index (κ2) is 8.62. The Kier molecular flexibility index (Phi) is 6.53. The lowest BCUT2D eigenvalue weighted by atomic mass is 10.1. The highest BCUT2D eigenvalue weighted by molar-refractivity contribution is 6.30. The van der Waals surface area contributed by atoms with Crippen molar-refractivity contribution in [1.82, 2.24) is 0 Å². The van der Waals surface area contributed by atoms with E-state index >= 15 is 0 Å². The summed E-state index contributed by atoms with van der Waals surface area (Å²) in [7, 11) is 1.55. The zero-order valence-corrected chi connectivity index (χ0v) is 15.6. The monoisotopic (exact) mass is 363 g/mol. The molecule has 0 aliphatic carbocycles. The first-order valence-corrected chi connectivity index (χ1v) is 8.32. The largest absolute Gasteiger partial charge is 0.493 e. The molecule has 2 aromatic rings. The Morgan fingerprint density at radius 1 is 1.08 bits per heavy atom. The third-order valence-electron chi connectivity index (χ3n) is 3.52. The van der Waals surface area contributed by atoms with E-state index < -0.39 is 0 Å². The number of amides is 1. The maximum atomic E-state index is 12.2. The molecule has 0 saturated carbocycles. The van der Waals surface area contributed by atoms with Crippen LogP contribution in [0.3, 0.4) is 0 Å². The fourth-order valence-corrected chi connectivity index (χ4v) is 2.81. The lowest BCUT2D eigenvalue weighted by Gasteiger charge is -2.14. The van der Waals surface area contributed by atoms with Crippen LogP contribution < -0.4 is 19.5 Å². The Hall–Kier alpha value is -2.40. The number of hydrogen-bond donors (Lipinski definition) is 1. The van der Waals surface area contributed by atoms with Crippen LogP contribution in [0, 0.1) is 13.8 Å².